The van der Waals surface area contributed by atoms with Crippen molar-refractivity contribution in [3.05, 3.63) is 29.8 Å². The summed E-state index contributed by atoms with van der Waals surface area (Å²) in [6.45, 7) is 0. The zero-order chi connectivity index (χ0) is 11.0. The van der Waals surface area contributed by atoms with Crippen LogP contribution in [-0.4, -0.2) is 7.11 Å². The van der Waals surface area contributed by atoms with Gasteiger partial charge in [-0.3, -0.25) is 0 Å². The topological polar surface area (TPSA) is 56.8 Å². The number of methoxy groups -OCH3 is 1. The molecule has 0 aliphatic rings. The second-order valence-corrected chi connectivity index (χ2v) is 2.00. The van der Waals surface area contributed by atoms with Gasteiger partial charge in [0.15, 0.2) is 23.8 Å². The highest BCUT2D eigenvalue weighted by atomic mass is 19.2. The molecule has 0 bridgehead atoms. The van der Waals surface area contributed by atoms with Crippen LogP contribution in [-0.2, 0) is 0 Å². The van der Waals surface area contributed by atoms with E-state index < -0.39 is 11.6 Å². The summed E-state index contributed by atoms with van der Waals surface area (Å²) in [4.78, 5) is 0. The molecule has 0 atom stereocenters. The average molecular weight is 196 g/mol. The fourth-order valence-electron chi connectivity index (χ4n) is 0.604. The van der Waals surface area contributed by atoms with Crippen molar-refractivity contribution in [2.75, 3.05) is 7.11 Å². The third-order valence-electron chi connectivity index (χ3n) is 1.18. The monoisotopic (exact) mass is 196 g/mol. The van der Waals surface area contributed by atoms with Crippen molar-refractivity contribution in [2.45, 2.75) is 0 Å². The summed E-state index contributed by atoms with van der Waals surface area (Å²) < 4.78 is 29.2. The van der Waals surface area contributed by atoms with Crippen LogP contribution in [0.15, 0.2) is 18.2 Å². The lowest BCUT2D eigenvalue weighted by molar-refractivity contribution is 0.406. The van der Waals surface area contributed by atoms with E-state index >= 15 is 0 Å². The van der Waals surface area contributed by atoms with E-state index in [9.17, 15) is 8.78 Å². The lowest BCUT2D eigenvalue weighted by atomic mass is 10.3. The molecule has 3 nitrogen and oxygen atoms in total. The molecule has 5 heteroatoms. The van der Waals surface area contributed by atoms with Gasteiger partial charge >= 0.3 is 0 Å². The van der Waals surface area contributed by atoms with Gasteiger partial charge in [-0.25, -0.2) is 8.78 Å². The molecular formula is C9H6F2N2O. The highest BCUT2D eigenvalue weighted by Crippen LogP contribution is 2.13. The smallest absolute Gasteiger partial charge is 0.181 e. The zero-order valence-corrected chi connectivity index (χ0v) is 7.29. The Hall–Kier alpha value is -2.14. The maximum atomic E-state index is 12.3. The molecule has 0 aliphatic carbocycles. The SMILES string of the molecule is COc1ccc(F)c(F)c1.N#CC#N. The number of hydrogen-bond acceptors (Lipinski definition) is 3. The molecule has 14 heavy (non-hydrogen) atoms. The molecule has 0 fully saturated rings. The first-order chi connectivity index (χ1) is 6.65. The maximum absolute atomic E-state index is 12.3. The maximum Gasteiger partial charge on any atom is 0.181 e. The average Bonchev–Trinajstić information content (AvgIpc) is 2.22. The van der Waals surface area contributed by atoms with E-state index in [1.165, 1.54) is 25.3 Å². The van der Waals surface area contributed by atoms with Crippen LogP contribution >= 0.6 is 0 Å². The molecular weight excluding hydrogens is 190 g/mol. The highest BCUT2D eigenvalue weighted by Gasteiger charge is 2.00. The van der Waals surface area contributed by atoms with E-state index in [0.717, 1.165) is 12.1 Å². The predicted octanol–water partition coefficient (Wildman–Crippen LogP) is 2.01. The minimum Gasteiger partial charge on any atom is -0.497 e. The van der Waals surface area contributed by atoms with E-state index in [1.54, 1.807) is 0 Å². The second-order valence-electron chi connectivity index (χ2n) is 2.00. The number of halogens is 2. The number of rotatable bonds is 1. The third kappa shape index (κ3) is 4.03. The Kier molecular flexibility index (Phi) is 5.41. The lowest BCUT2D eigenvalue weighted by Crippen LogP contribution is -1.86. The van der Waals surface area contributed by atoms with Crippen molar-refractivity contribution in [3.8, 4) is 17.9 Å². The molecule has 0 saturated heterocycles. The van der Waals surface area contributed by atoms with Crippen LogP contribution in [0, 0.1) is 34.3 Å². The van der Waals surface area contributed by atoms with Gasteiger partial charge in [0, 0.05) is 6.07 Å². The van der Waals surface area contributed by atoms with Crippen molar-refractivity contribution >= 4 is 0 Å². The van der Waals surface area contributed by atoms with E-state index in [4.69, 9.17) is 10.5 Å². The van der Waals surface area contributed by atoms with Gasteiger partial charge in [0.2, 0.25) is 0 Å². The standard InChI is InChI=1S/C7H6F2O.C2N2/c1-10-5-2-3-6(8)7(9)4-5;3-1-2-4/h2-4H,1H3;. The van der Waals surface area contributed by atoms with Crippen molar-refractivity contribution in [1.29, 1.82) is 10.5 Å². The van der Waals surface area contributed by atoms with Crippen LogP contribution in [0.3, 0.4) is 0 Å². The van der Waals surface area contributed by atoms with Crippen LogP contribution in [0.4, 0.5) is 8.78 Å². The van der Waals surface area contributed by atoms with Gasteiger partial charge in [-0.05, 0) is 12.1 Å². The Bertz CT molecular complexity index is 367. The normalized spacial score (nSPS) is 7.50. The van der Waals surface area contributed by atoms with Crippen molar-refractivity contribution in [2.24, 2.45) is 0 Å². The third-order valence-corrected chi connectivity index (χ3v) is 1.18. The van der Waals surface area contributed by atoms with Gasteiger partial charge in [-0.1, -0.05) is 0 Å². The number of benzene rings is 1. The minimum absolute atomic E-state index is 0.318. The summed E-state index contributed by atoms with van der Waals surface area (Å²) in [6, 6.07) is 5.85. The molecule has 0 heterocycles. The Morgan fingerprint density at radius 1 is 1.14 bits per heavy atom. The lowest BCUT2D eigenvalue weighted by Gasteiger charge is -1.97. The number of nitriles is 2. The molecule has 0 radical (unpaired) electrons. The van der Waals surface area contributed by atoms with Gasteiger partial charge < -0.3 is 4.74 Å². The number of ether oxygens (including phenoxy) is 1. The van der Waals surface area contributed by atoms with Crippen LogP contribution in [0.25, 0.3) is 0 Å². The summed E-state index contributed by atoms with van der Waals surface area (Å²) in [5.41, 5.74) is 0. The van der Waals surface area contributed by atoms with Crippen LogP contribution < -0.4 is 4.74 Å². The Balaban J connectivity index is 0.000000364. The summed E-state index contributed by atoms with van der Waals surface area (Å²) in [7, 11) is 1.40. The number of hydrogen-bond donors (Lipinski definition) is 0. The Morgan fingerprint density at radius 2 is 1.71 bits per heavy atom. The first-order valence-corrected chi connectivity index (χ1v) is 3.43. The summed E-state index contributed by atoms with van der Waals surface area (Å²) >= 11 is 0. The quantitative estimate of drug-likeness (QED) is 0.690. The molecule has 72 valence electrons. The van der Waals surface area contributed by atoms with E-state index in [2.05, 4.69) is 4.74 Å². The van der Waals surface area contributed by atoms with Crippen LogP contribution in [0.5, 0.6) is 5.75 Å². The largest absolute Gasteiger partial charge is 0.497 e. The highest BCUT2D eigenvalue weighted by molar-refractivity contribution is 5.23. The Morgan fingerprint density at radius 3 is 2.07 bits per heavy atom. The zero-order valence-electron chi connectivity index (χ0n) is 7.29. The van der Waals surface area contributed by atoms with Crippen molar-refractivity contribution in [3.63, 3.8) is 0 Å². The molecule has 0 aromatic heterocycles. The fraction of sp³-hybridized carbons (Fsp3) is 0.111. The fourth-order valence-corrected chi connectivity index (χ4v) is 0.604. The molecule has 0 unspecified atom stereocenters. The number of nitrogens with zero attached hydrogens (tertiary/aromatic N) is 2. The van der Waals surface area contributed by atoms with Gasteiger partial charge in [0.05, 0.1) is 7.11 Å². The molecule has 1 aromatic rings. The van der Waals surface area contributed by atoms with Crippen molar-refractivity contribution < 1.29 is 13.5 Å². The summed E-state index contributed by atoms with van der Waals surface area (Å²) in [5, 5.41) is 14.5. The summed E-state index contributed by atoms with van der Waals surface area (Å²) in [5.74, 6) is -1.43. The molecule has 0 aliphatic heterocycles. The minimum atomic E-state index is -0.889. The first-order valence-electron chi connectivity index (χ1n) is 3.43. The van der Waals surface area contributed by atoms with E-state index in [0.29, 0.717) is 5.75 Å². The van der Waals surface area contributed by atoms with Gasteiger partial charge in [-0.15, -0.1) is 0 Å². The summed E-state index contributed by atoms with van der Waals surface area (Å²) in [6.07, 6.45) is 0. The van der Waals surface area contributed by atoms with Crippen molar-refractivity contribution in [1.82, 2.24) is 0 Å². The van der Waals surface area contributed by atoms with Crippen LogP contribution in [0.2, 0.25) is 0 Å². The molecule has 1 aromatic carbocycles. The molecule has 0 saturated carbocycles. The van der Waals surface area contributed by atoms with E-state index in [-0.39, 0.29) is 0 Å². The molecule has 0 amide bonds. The molecule has 0 N–H and O–H groups in total. The first kappa shape index (κ1) is 11.9. The second kappa shape index (κ2) is 6.38. The van der Waals surface area contributed by atoms with E-state index in [1.807, 2.05) is 0 Å². The van der Waals surface area contributed by atoms with Crippen LogP contribution in [0.1, 0.15) is 0 Å². The predicted molar refractivity (Wildman–Crippen MR) is 44.1 cm³/mol. The molecule has 1 rings (SSSR count). The molecule has 0 spiro atoms. The Labute approximate surface area is 79.8 Å². The van der Waals surface area contributed by atoms with Gasteiger partial charge in [0.25, 0.3) is 0 Å². The van der Waals surface area contributed by atoms with Gasteiger partial charge in [-0.2, -0.15) is 10.5 Å². The van der Waals surface area contributed by atoms with Gasteiger partial charge in [0.1, 0.15) is 5.75 Å².